The van der Waals surface area contributed by atoms with E-state index in [0.717, 1.165) is 6.07 Å². The number of pyridine rings is 1. The molecule has 0 aromatic carbocycles. The van der Waals surface area contributed by atoms with Crippen molar-refractivity contribution in [2.75, 3.05) is 0 Å². The molecule has 1 rings (SSSR count). The van der Waals surface area contributed by atoms with E-state index in [0.29, 0.717) is 11.8 Å². The van der Waals surface area contributed by atoms with Gasteiger partial charge in [0.15, 0.2) is 6.29 Å². The molecule has 1 heterocycles. The van der Waals surface area contributed by atoms with Crippen molar-refractivity contribution in [2.24, 2.45) is 0 Å². The fraction of sp³-hybridized carbons (Fsp3) is 0.250. The van der Waals surface area contributed by atoms with Crippen LogP contribution in [0, 0.1) is 6.92 Å². The summed E-state index contributed by atoms with van der Waals surface area (Å²) in [7, 11) is 0. The molecule has 0 saturated carbocycles. The van der Waals surface area contributed by atoms with Crippen molar-refractivity contribution in [3.05, 3.63) is 33.2 Å². The number of alkyl halides is 2. The molecule has 0 saturated heterocycles. The Hall–Kier alpha value is -1.52. The second-order valence-electron chi connectivity index (χ2n) is 2.57. The zero-order chi connectivity index (χ0) is 10.0. The molecule has 1 N–H and O–H groups in total. The van der Waals surface area contributed by atoms with Crippen molar-refractivity contribution in [2.45, 2.75) is 13.3 Å². The van der Waals surface area contributed by atoms with Crippen LogP contribution in [-0.2, 0) is 0 Å². The van der Waals surface area contributed by atoms with Gasteiger partial charge in [0.25, 0.3) is 12.0 Å². The minimum absolute atomic E-state index is 0.0365. The van der Waals surface area contributed by atoms with Crippen LogP contribution in [0.1, 0.15) is 28.0 Å². The molecule has 0 aliphatic heterocycles. The highest BCUT2D eigenvalue weighted by Crippen LogP contribution is 2.15. The van der Waals surface area contributed by atoms with E-state index >= 15 is 0 Å². The molecule has 0 aliphatic rings. The quantitative estimate of drug-likeness (QED) is 0.712. The van der Waals surface area contributed by atoms with Crippen molar-refractivity contribution in [1.82, 2.24) is 4.98 Å². The van der Waals surface area contributed by atoms with Gasteiger partial charge in [-0.3, -0.25) is 9.59 Å². The Bertz CT molecular complexity index is 384. The smallest absolute Gasteiger partial charge is 0.269 e. The van der Waals surface area contributed by atoms with Gasteiger partial charge in [-0.05, 0) is 18.6 Å². The monoisotopic (exact) mass is 187 g/mol. The normalized spacial score (nSPS) is 10.5. The Labute approximate surface area is 72.4 Å². The number of aromatic amines is 1. The van der Waals surface area contributed by atoms with E-state index in [1.807, 2.05) is 0 Å². The number of aldehydes is 1. The zero-order valence-electron chi connectivity index (χ0n) is 6.80. The van der Waals surface area contributed by atoms with Gasteiger partial charge in [-0.2, -0.15) is 0 Å². The van der Waals surface area contributed by atoms with Gasteiger partial charge < -0.3 is 4.98 Å². The molecule has 1 aromatic rings. The summed E-state index contributed by atoms with van der Waals surface area (Å²) in [6, 6.07) is 1.02. The molecule has 0 unspecified atom stereocenters. The van der Waals surface area contributed by atoms with Gasteiger partial charge in [0.2, 0.25) is 0 Å². The van der Waals surface area contributed by atoms with Crippen molar-refractivity contribution >= 4 is 6.29 Å². The Kier molecular flexibility index (Phi) is 2.55. The maximum Gasteiger partial charge on any atom is 0.269 e. The lowest BCUT2D eigenvalue weighted by Crippen LogP contribution is -2.15. The second-order valence-corrected chi connectivity index (χ2v) is 2.57. The van der Waals surface area contributed by atoms with Crippen LogP contribution in [0.15, 0.2) is 10.9 Å². The van der Waals surface area contributed by atoms with Crippen LogP contribution in [0.2, 0.25) is 0 Å². The summed E-state index contributed by atoms with van der Waals surface area (Å²) in [6.07, 6.45) is -2.39. The molecule has 0 bridgehead atoms. The topological polar surface area (TPSA) is 49.9 Å². The summed E-state index contributed by atoms with van der Waals surface area (Å²) >= 11 is 0. The standard InChI is InChI=1S/C8H7F2NO2/c1-4-2-5(7(9)10)8(13)11-6(4)3-12/h2-3,7H,1H3,(H,11,13). The molecule has 1 aromatic heterocycles. The fourth-order valence-corrected chi connectivity index (χ4v) is 0.954. The molecule has 0 atom stereocenters. The Morgan fingerprint density at radius 2 is 2.15 bits per heavy atom. The lowest BCUT2D eigenvalue weighted by atomic mass is 10.1. The van der Waals surface area contributed by atoms with Crippen molar-refractivity contribution in [1.29, 1.82) is 0 Å². The number of rotatable bonds is 2. The Balaban J connectivity index is 3.37. The van der Waals surface area contributed by atoms with Gasteiger partial charge in [-0.15, -0.1) is 0 Å². The van der Waals surface area contributed by atoms with Crippen molar-refractivity contribution in [3.8, 4) is 0 Å². The molecule has 13 heavy (non-hydrogen) atoms. The number of hydrogen-bond acceptors (Lipinski definition) is 2. The first-order chi connectivity index (χ1) is 6.06. The highest BCUT2D eigenvalue weighted by atomic mass is 19.3. The van der Waals surface area contributed by atoms with E-state index < -0.39 is 17.5 Å². The Morgan fingerprint density at radius 1 is 1.54 bits per heavy atom. The average Bonchev–Trinajstić information content (AvgIpc) is 2.07. The van der Waals surface area contributed by atoms with Gasteiger partial charge in [-0.25, -0.2) is 8.78 Å². The molecule has 0 aliphatic carbocycles. The maximum atomic E-state index is 12.1. The van der Waals surface area contributed by atoms with Crippen LogP contribution in [0.4, 0.5) is 8.78 Å². The third kappa shape index (κ3) is 1.80. The van der Waals surface area contributed by atoms with E-state index in [1.165, 1.54) is 6.92 Å². The van der Waals surface area contributed by atoms with Crippen LogP contribution < -0.4 is 5.56 Å². The summed E-state index contributed by atoms with van der Waals surface area (Å²) in [5, 5.41) is 0. The predicted molar refractivity (Wildman–Crippen MR) is 42.1 cm³/mol. The first-order valence-electron chi connectivity index (χ1n) is 3.53. The number of aromatic nitrogens is 1. The molecular formula is C8H7F2NO2. The van der Waals surface area contributed by atoms with Crippen LogP contribution in [0.3, 0.4) is 0 Å². The lowest BCUT2D eigenvalue weighted by Gasteiger charge is -2.01. The molecule has 0 radical (unpaired) electrons. The van der Waals surface area contributed by atoms with E-state index in [9.17, 15) is 18.4 Å². The molecule has 0 fully saturated rings. The van der Waals surface area contributed by atoms with Gasteiger partial charge in [0.1, 0.15) is 0 Å². The van der Waals surface area contributed by atoms with Crippen LogP contribution in [-0.4, -0.2) is 11.3 Å². The van der Waals surface area contributed by atoms with Crippen LogP contribution >= 0.6 is 0 Å². The first-order valence-corrected chi connectivity index (χ1v) is 3.53. The summed E-state index contributed by atoms with van der Waals surface area (Å²) < 4.78 is 24.3. The van der Waals surface area contributed by atoms with Crippen molar-refractivity contribution in [3.63, 3.8) is 0 Å². The molecular weight excluding hydrogens is 180 g/mol. The molecule has 3 nitrogen and oxygen atoms in total. The third-order valence-corrected chi connectivity index (χ3v) is 1.66. The predicted octanol–water partition coefficient (Wildman–Crippen LogP) is 1.43. The van der Waals surface area contributed by atoms with Crippen molar-refractivity contribution < 1.29 is 13.6 Å². The molecule has 0 spiro atoms. The second kappa shape index (κ2) is 3.47. The van der Waals surface area contributed by atoms with Gasteiger partial charge >= 0.3 is 0 Å². The average molecular weight is 187 g/mol. The minimum atomic E-state index is -2.82. The zero-order valence-corrected chi connectivity index (χ0v) is 6.80. The van der Waals surface area contributed by atoms with Crippen LogP contribution in [0.25, 0.3) is 0 Å². The Morgan fingerprint density at radius 3 is 2.62 bits per heavy atom. The number of aryl methyl sites for hydroxylation is 1. The lowest BCUT2D eigenvalue weighted by molar-refractivity contribution is 0.111. The summed E-state index contributed by atoms with van der Waals surface area (Å²) in [4.78, 5) is 23.3. The molecule has 70 valence electrons. The summed E-state index contributed by atoms with van der Waals surface area (Å²) in [6.45, 7) is 1.48. The minimum Gasteiger partial charge on any atom is -0.319 e. The number of H-pyrrole nitrogens is 1. The van der Waals surface area contributed by atoms with E-state index in [-0.39, 0.29) is 5.69 Å². The SMILES string of the molecule is Cc1cc(C(F)F)c(=O)[nH]c1C=O. The highest BCUT2D eigenvalue weighted by Gasteiger charge is 2.13. The number of nitrogens with one attached hydrogen (secondary N) is 1. The van der Waals surface area contributed by atoms with Gasteiger partial charge in [0.05, 0.1) is 11.3 Å². The number of hydrogen-bond donors (Lipinski definition) is 1. The van der Waals surface area contributed by atoms with E-state index in [4.69, 9.17) is 0 Å². The number of carbonyl (C=O) groups excluding carboxylic acids is 1. The summed E-state index contributed by atoms with van der Waals surface area (Å²) in [5.74, 6) is 0. The van der Waals surface area contributed by atoms with E-state index in [1.54, 1.807) is 0 Å². The number of halogens is 2. The molecule has 5 heteroatoms. The number of carbonyl (C=O) groups is 1. The van der Waals surface area contributed by atoms with Gasteiger partial charge in [-0.1, -0.05) is 0 Å². The third-order valence-electron chi connectivity index (χ3n) is 1.66. The van der Waals surface area contributed by atoms with E-state index in [2.05, 4.69) is 4.98 Å². The molecule has 0 amide bonds. The van der Waals surface area contributed by atoms with Gasteiger partial charge in [0, 0.05) is 0 Å². The maximum absolute atomic E-state index is 12.1. The van der Waals surface area contributed by atoms with Crippen LogP contribution in [0.5, 0.6) is 0 Å². The summed E-state index contributed by atoms with van der Waals surface area (Å²) in [5.41, 5.74) is -1.15. The largest absolute Gasteiger partial charge is 0.319 e. The highest BCUT2D eigenvalue weighted by molar-refractivity contribution is 5.73. The first kappa shape index (κ1) is 9.57. The fourth-order valence-electron chi connectivity index (χ4n) is 0.954.